The zero-order chi connectivity index (χ0) is 23.5. The fourth-order valence-corrected chi connectivity index (χ4v) is 4.43. The van der Waals surface area contributed by atoms with Crippen LogP contribution in [0.3, 0.4) is 0 Å². The van der Waals surface area contributed by atoms with Gasteiger partial charge in [0, 0.05) is 18.9 Å². The summed E-state index contributed by atoms with van der Waals surface area (Å²) in [5, 5.41) is 14.5. The third-order valence-electron chi connectivity index (χ3n) is 6.22. The predicted octanol–water partition coefficient (Wildman–Crippen LogP) is 5.57. The van der Waals surface area contributed by atoms with Crippen molar-refractivity contribution in [3.05, 3.63) is 89.4 Å². The van der Waals surface area contributed by atoms with E-state index in [-0.39, 0.29) is 6.10 Å². The molecule has 2 aromatic carbocycles. The number of benzene rings is 2. The molecule has 0 bridgehead atoms. The molecule has 0 aliphatic heterocycles. The maximum absolute atomic E-state index is 6.01. The van der Waals surface area contributed by atoms with Gasteiger partial charge in [-0.15, -0.1) is 10.2 Å². The molecule has 7 heteroatoms. The van der Waals surface area contributed by atoms with Gasteiger partial charge in [0.15, 0.2) is 0 Å². The van der Waals surface area contributed by atoms with E-state index in [0.717, 1.165) is 64.1 Å². The van der Waals surface area contributed by atoms with Crippen LogP contribution >= 0.6 is 0 Å². The molecule has 0 aliphatic rings. The molecule has 0 fully saturated rings. The van der Waals surface area contributed by atoms with Crippen LogP contribution in [-0.2, 0) is 11.2 Å². The third kappa shape index (κ3) is 4.10. The largest absolute Gasteiger partial charge is 0.370 e. The first-order valence-corrected chi connectivity index (χ1v) is 11.6. The average molecular weight is 453 g/mol. The number of aromatic amines is 1. The Morgan fingerprint density at radius 2 is 1.79 bits per heavy atom. The number of nitrogens with zero attached hydrogens (tertiary/aromatic N) is 5. The molecule has 0 spiro atoms. The summed E-state index contributed by atoms with van der Waals surface area (Å²) in [6.07, 6.45) is 5.23. The van der Waals surface area contributed by atoms with E-state index in [0.29, 0.717) is 5.82 Å². The van der Waals surface area contributed by atoms with Crippen molar-refractivity contribution >= 4 is 5.65 Å². The Hall–Kier alpha value is -3.84. The van der Waals surface area contributed by atoms with E-state index in [1.54, 1.807) is 7.11 Å². The van der Waals surface area contributed by atoms with Crippen LogP contribution in [0.5, 0.6) is 0 Å². The van der Waals surface area contributed by atoms with Gasteiger partial charge in [-0.2, -0.15) is 5.21 Å². The van der Waals surface area contributed by atoms with Crippen LogP contribution in [0.2, 0.25) is 0 Å². The molecular formula is C27H28N6O. The summed E-state index contributed by atoms with van der Waals surface area (Å²) >= 11 is 0. The summed E-state index contributed by atoms with van der Waals surface area (Å²) in [5.41, 5.74) is 8.50. The van der Waals surface area contributed by atoms with E-state index < -0.39 is 0 Å². The fraction of sp³-hybridized carbons (Fsp3) is 0.259. The molecule has 3 heterocycles. The number of pyridine rings is 1. The first-order valence-electron chi connectivity index (χ1n) is 11.6. The maximum Gasteiger partial charge on any atom is 0.205 e. The summed E-state index contributed by atoms with van der Waals surface area (Å²) in [6.45, 7) is 4.31. The Bertz CT molecular complexity index is 1390. The van der Waals surface area contributed by atoms with Gasteiger partial charge >= 0.3 is 0 Å². The van der Waals surface area contributed by atoms with E-state index in [9.17, 15) is 0 Å². The molecule has 1 unspecified atom stereocenters. The van der Waals surface area contributed by atoms with Gasteiger partial charge in [0.25, 0.3) is 0 Å². The number of methoxy groups -OCH3 is 1. The first-order chi connectivity index (χ1) is 16.7. The Morgan fingerprint density at radius 1 is 1.00 bits per heavy atom. The average Bonchev–Trinajstić information content (AvgIpc) is 3.56. The highest BCUT2D eigenvalue weighted by molar-refractivity contribution is 5.80. The number of hydrogen-bond donors (Lipinski definition) is 1. The molecule has 1 N–H and O–H groups in total. The molecule has 0 aliphatic carbocycles. The van der Waals surface area contributed by atoms with Gasteiger partial charge in [0.1, 0.15) is 11.8 Å². The minimum absolute atomic E-state index is 0.210. The van der Waals surface area contributed by atoms with Crippen LogP contribution in [-0.4, -0.2) is 37.1 Å². The summed E-state index contributed by atoms with van der Waals surface area (Å²) < 4.78 is 8.20. The molecular weight excluding hydrogens is 424 g/mol. The molecule has 5 rings (SSSR count). The minimum Gasteiger partial charge on any atom is -0.370 e. The Labute approximate surface area is 198 Å². The number of nitrogens with one attached hydrogen (secondary N) is 1. The molecule has 7 nitrogen and oxygen atoms in total. The van der Waals surface area contributed by atoms with E-state index in [2.05, 4.69) is 87.5 Å². The van der Waals surface area contributed by atoms with Gasteiger partial charge in [0.05, 0.1) is 11.4 Å². The number of aromatic nitrogens is 6. The van der Waals surface area contributed by atoms with Crippen LogP contribution in [0.15, 0.2) is 66.9 Å². The lowest BCUT2D eigenvalue weighted by Gasteiger charge is -2.19. The number of ether oxygens (including phenoxy) is 1. The van der Waals surface area contributed by atoms with Gasteiger partial charge in [-0.3, -0.25) is 0 Å². The molecule has 3 aromatic heterocycles. The van der Waals surface area contributed by atoms with Crippen LogP contribution in [0.4, 0.5) is 0 Å². The van der Waals surface area contributed by atoms with E-state index in [1.807, 2.05) is 18.2 Å². The zero-order valence-corrected chi connectivity index (χ0v) is 19.7. The summed E-state index contributed by atoms with van der Waals surface area (Å²) in [4.78, 5) is 4.90. The highest BCUT2D eigenvalue weighted by atomic mass is 16.5. The smallest absolute Gasteiger partial charge is 0.205 e. The Kier molecular flexibility index (Phi) is 6.18. The SMILES string of the molecule is CCCCc1cn2c(C(OC)c3ccc(-c4ccccc4-c4nn[nH]n4)cc3)ccc(C)c2n1. The predicted molar refractivity (Wildman–Crippen MR) is 132 cm³/mol. The topological polar surface area (TPSA) is 81.0 Å². The Balaban J connectivity index is 1.51. The van der Waals surface area contributed by atoms with Crippen molar-refractivity contribution in [2.75, 3.05) is 7.11 Å². The van der Waals surface area contributed by atoms with E-state index in [1.165, 1.54) is 0 Å². The second-order valence-electron chi connectivity index (χ2n) is 8.49. The zero-order valence-electron chi connectivity index (χ0n) is 19.7. The third-order valence-corrected chi connectivity index (χ3v) is 6.22. The highest BCUT2D eigenvalue weighted by Crippen LogP contribution is 2.33. The monoisotopic (exact) mass is 452 g/mol. The molecule has 5 aromatic rings. The number of hydrogen-bond acceptors (Lipinski definition) is 5. The van der Waals surface area contributed by atoms with Crippen molar-refractivity contribution in [3.63, 3.8) is 0 Å². The normalized spacial score (nSPS) is 12.3. The van der Waals surface area contributed by atoms with E-state index in [4.69, 9.17) is 9.72 Å². The van der Waals surface area contributed by atoms with Crippen LogP contribution in [0.1, 0.15) is 48.4 Å². The summed E-state index contributed by atoms with van der Waals surface area (Å²) in [6, 6.07) is 20.8. The van der Waals surface area contributed by atoms with Crippen LogP contribution in [0, 0.1) is 6.92 Å². The highest BCUT2D eigenvalue weighted by Gasteiger charge is 2.19. The lowest BCUT2D eigenvalue weighted by molar-refractivity contribution is 0.132. The molecule has 1 atom stereocenters. The van der Waals surface area contributed by atoms with Crippen molar-refractivity contribution < 1.29 is 4.74 Å². The quantitative estimate of drug-likeness (QED) is 0.333. The van der Waals surface area contributed by atoms with Gasteiger partial charge < -0.3 is 9.14 Å². The molecule has 0 saturated carbocycles. The van der Waals surface area contributed by atoms with Crippen LogP contribution in [0.25, 0.3) is 28.2 Å². The molecule has 0 amide bonds. The number of H-pyrrole nitrogens is 1. The Morgan fingerprint density at radius 3 is 2.50 bits per heavy atom. The molecule has 0 saturated heterocycles. The van der Waals surface area contributed by atoms with Gasteiger partial charge in [0.2, 0.25) is 5.82 Å². The lowest BCUT2D eigenvalue weighted by atomic mass is 9.96. The van der Waals surface area contributed by atoms with Crippen molar-refractivity contribution in [2.24, 2.45) is 0 Å². The van der Waals surface area contributed by atoms with Gasteiger partial charge in [-0.1, -0.05) is 67.9 Å². The number of aryl methyl sites for hydroxylation is 2. The first kappa shape index (κ1) is 22.0. The van der Waals surface area contributed by atoms with Gasteiger partial charge in [-0.05, 0) is 53.3 Å². The van der Waals surface area contributed by atoms with Crippen molar-refractivity contribution in [1.29, 1.82) is 0 Å². The standard InChI is InChI=1S/C27H28N6O/c1-4-5-8-21-17-33-24(16-11-18(2)27(33)28-21)25(34-3)20-14-12-19(13-15-20)22-9-6-7-10-23(22)26-29-31-32-30-26/h6-7,9-17,25H,4-5,8H2,1-3H3,(H,29,30,31,32). The number of imidazole rings is 1. The number of fused-ring (bicyclic) bond motifs is 1. The van der Waals surface area contributed by atoms with Crippen molar-refractivity contribution in [2.45, 2.75) is 39.2 Å². The summed E-state index contributed by atoms with van der Waals surface area (Å²) in [5.74, 6) is 0.579. The van der Waals surface area contributed by atoms with Gasteiger partial charge in [-0.25, -0.2) is 4.98 Å². The molecule has 0 radical (unpaired) electrons. The number of tetrazole rings is 1. The maximum atomic E-state index is 6.01. The lowest BCUT2D eigenvalue weighted by Crippen LogP contribution is -2.09. The van der Waals surface area contributed by atoms with Crippen molar-refractivity contribution in [1.82, 2.24) is 30.0 Å². The molecule has 172 valence electrons. The second-order valence-corrected chi connectivity index (χ2v) is 8.49. The molecule has 34 heavy (non-hydrogen) atoms. The second kappa shape index (κ2) is 9.57. The van der Waals surface area contributed by atoms with Crippen molar-refractivity contribution in [3.8, 4) is 22.5 Å². The fourth-order valence-electron chi connectivity index (χ4n) is 4.43. The number of rotatable bonds is 8. The van der Waals surface area contributed by atoms with E-state index >= 15 is 0 Å². The summed E-state index contributed by atoms with van der Waals surface area (Å²) in [7, 11) is 1.75. The number of unbranched alkanes of at least 4 members (excludes halogenated alkanes) is 1. The minimum atomic E-state index is -0.210. The van der Waals surface area contributed by atoms with Crippen LogP contribution < -0.4 is 0 Å².